The van der Waals surface area contributed by atoms with Gasteiger partial charge in [-0.05, 0) is 25.5 Å². The molecule has 6 atom stereocenters. The lowest BCUT2D eigenvalue weighted by atomic mass is 9.79. The van der Waals surface area contributed by atoms with Crippen LogP contribution in [0.25, 0.3) is 0 Å². The Morgan fingerprint density at radius 2 is 2.09 bits per heavy atom. The minimum Gasteiger partial charge on any atom is -0.477 e. The number of nitrogens with zero attached hydrogens (tertiary/aromatic N) is 1. The van der Waals surface area contributed by atoms with Gasteiger partial charge >= 0.3 is 12.6 Å². The first kappa shape index (κ1) is 24.4. The summed E-state index contributed by atoms with van der Waals surface area (Å²) in [5, 5.41) is 25.4. The number of thioether (sulfide) groups is 1. The first-order valence-corrected chi connectivity index (χ1v) is 11.7. The SMILES string of the molecule is C[C@@H](O)[C@H]1C(=O)N2C(C(=O)O)=C(S[C@@H]3CN[C@H](C(=O)Nc4cccc(OC(F)F)c4)C3)[C@H](C)[C@H]12. The number of hydrogen-bond acceptors (Lipinski definition) is 7. The van der Waals surface area contributed by atoms with Crippen molar-refractivity contribution in [2.24, 2.45) is 11.8 Å². The van der Waals surface area contributed by atoms with E-state index in [-0.39, 0.29) is 34.4 Å². The Bertz CT molecular complexity index is 1040. The summed E-state index contributed by atoms with van der Waals surface area (Å²) in [4.78, 5) is 38.9. The van der Waals surface area contributed by atoms with Crippen LogP contribution >= 0.6 is 11.8 Å². The van der Waals surface area contributed by atoms with Crippen LogP contribution in [-0.4, -0.2) is 69.5 Å². The van der Waals surface area contributed by atoms with Crippen molar-refractivity contribution in [1.82, 2.24) is 10.2 Å². The normalized spacial score (nSPS) is 29.2. The Morgan fingerprint density at radius 3 is 2.74 bits per heavy atom. The van der Waals surface area contributed by atoms with E-state index in [1.54, 1.807) is 6.07 Å². The van der Waals surface area contributed by atoms with Crippen LogP contribution in [-0.2, 0) is 14.4 Å². The Hall–Kier alpha value is -2.70. The number of benzene rings is 1. The summed E-state index contributed by atoms with van der Waals surface area (Å²) in [5.74, 6) is -2.89. The molecule has 1 aromatic carbocycles. The van der Waals surface area contributed by atoms with E-state index in [1.165, 1.54) is 41.8 Å². The molecule has 12 heteroatoms. The summed E-state index contributed by atoms with van der Waals surface area (Å²) in [5.41, 5.74) is 0.265. The number of aliphatic hydroxyl groups is 1. The van der Waals surface area contributed by atoms with E-state index in [2.05, 4.69) is 15.4 Å². The first-order valence-electron chi connectivity index (χ1n) is 10.8. The zero-order valence-corrected chi connectivity index (χ0v) is 19.2. The minimum absolute atomic E-state index is 0.0480. The van der Waals surface area contributed by atoms with Gasteiger partial charge in [0.1, 0.15) is 11.4 Å². The van der Waals surface area contributed by atoms with Crippen LogP contribution in [0.15, 0.2) is 34.9 Å². The Kier molecular flexibility index (Phi) is 6.83. The maximum Gasteiger partial charge on any atom is 0.387 e. The molecule has 3 aliphatic heterocycles. The monoisotopic (exact) mass is 497 g/mol. The van der Waals surface area contributed by atoms with Gasteiger partial charge in [0.2, 0.25) is 11.8 Å². The van der Waals surface area contributed by atoms with Crippen molar-refractivity contribution in [1.29, 1.82) is 0 Å². The standard InChI is InChI=1S/C22H25F2N3O6S/c1-9-16-15(10(2)28)20(30)27(16)17(21(31)32)18(9)34-13-7-14(25-8-13)19(29)26-11-4-3-5-12(6-11)33-22(23)24/h3-6,9-10,13-16,22,25,28H,7-8H2,1-2H3,(H,26,29)(H,31,32)/t9-,10-,13+,14+,15-,16-/m1/s1. The number of aliphatic hydroxyl groups excluding tert-OH is 1. The Labute approximate surface area is 198 Å². The summed E-state index contributed by atoms with van der Waals surface area (Å²) in [6.07, 6.45) is -0.466. The summed E-state index contributed by atoms with van der Waals surface area (Å²) < 4.78 is 29.2. The van der Waals surface area contributed by atoms with Crippen LogP contribution in [0.1, 0.15) is 20.3 Å². The average molecular weight is 498 g/mol. The maximum absolute atomic E-state index is 12.7. The van der Waals surface area contributed by atoms with Gasteiger partial charge in [-0.25, -0.2) is 4.79 Å². The third kappa shape index (κ3) is 4.49. The van der Waals surface area contributed by atoms with E-state index < -0.39 is 36.7 Å². The number of rotatable bonds is 8. The average Bonchev–Trinajstić information content (AvgIpc) is 3.30. The molecule has 4 rings (SSSR count). The number of halogens is 2. The lowest BCUT2D eigenvalue weighted by Gasteiger charge is -2.46. The van der Waals surface area contributed by atoms with Crippen molar-refractivity contribution in [2.75, 3.05) is 11.9 Å². The third-order valence-electron chi connectivity index (χ3n) is 6.34. The topological polar surface area (TPSA) is 128 Å². The van der Waals surface area contributed by atoms with Crippen LogP contribution in [0.3, 0.4) is 0 Å². The molecule has 9 nitrogen and oxygen atoms in total. The van der Waals surface area contributed by atoms with Gasteiger partial charge in [0.25, 0.3) is 0 Å². The van der Waals surface area contributed by atoms with Crippen LogP contribution < -0.4 is 15.4 Å². The summed E-state index contributed by atoms with van der Waals surface area (Å²) in [7, 11) is 0. The smallest absolute Gasteiger partial charge is 0.387 e. The van der Waals surface area contributed by atoms with Gasteiger partial charge in [-0.1, -0.05) is 13.0 Å². The summed E-state index contributed by atoms with van der Waals surface area (Å²) in [6, 6.07) is 4.75. The Balaban J connectivity index is 1.41. The summed E-state index contributed by atoms with van der Waals surface area (Å²) in [6.45, 7) is 0.843. The molecule has 0 aromatic heterocycles. The van der Waals surface area contributed by atoms with Gasteiger partial charge in [-0.15, -0.1) is 11.8 Å². The Morgan fingerprint density at radius 1 is 1.35 bits per heavy atom. The number of carbonyl (C=O) groups is 3. The van der Waals surface area contributed by atoms with E-state index in [1.807, 2.05) is 6.92 Å². The van der Waals surface area contributed by atoms with E-state index in [0.717, 1.165) is 0 Å². The molecule has 0 radical (unpaired) electrons. The molecule has 2 saturated heterocycles. The highest BCUT2D eigenvalue weighted by atomic mass is 32.2. The number of aliphatic carboxylic acids is 1. The maximum atomic E-state index is 12.7. The van der Waals surface area contributed by atoms with Crippen molar-refractivity contribution in [3.05, 3.63) is 34.9 Å². The van der Waals surface area contributed by atoms with Crippen LogP contribution in [0, 0.1) is 11.8 Å². The molecule has 0 saturated carbocycles. The number of carboxylic acids is 1. The van der Waals surface area contributed by atoms with Gasteiger partial charge in [0.15, 0.2) is 0 Å². The molecule has 0 unspecified atom stereocenters. The van der Waals surface area contributed by atoms with Gasteiger partial charge in [0, 0.05) is 34.4 Å². The van der Waals surface area contributed by atoms with Crippen LogP contribution in [0.4, 0.5) is 14.5 Å². The van der Waals surface area contributed by atoms with E-state index in [4.69, 9.17) is 0 Å². The van der Waals surface area contributed by atoms with E-state index in [0.29, 0.717) is 23.6 Å². The van der Waals surface area contributed by atoms with Crippen molar-refractivity contribution in [3.8, 4) is 5.75 Å². The second kappa shape index (κ2) is 9.51. The predicted octanol–water partition coefficient (Wildman–Crippen LogP) is 1.84. The fourth-order valence-electron chi connectivity index (χ4n) is 4.83. The predicted molar refractivity (Wildman–Crippen MR) is 119 cm³/mol. The highest BCUT2D eigenvalue weighted by Gasteiger charge is 2.60. The molecule has 4 N–H and O–H groups in total. The second-order valence-corrected chi connectivity index (χ2v) is 9.95. The number of nitrogens with one attached hydrogen (secondary N) is 2. The molecule has 1 aromatic rings. The van der Waals surface area contributed by atoms with Gasteiger partial charge in [-0.2, -0.15) is 8.78 Å². The number of anilines is 1. The molecular formula is C22H25F2N3O6S. The number of carboxylic acid groups (broad SMARTS) is 1. The van der Waals surface area contributed by atoms with E-state index >= 15 is 0 Å². The lowest BCUT2D eigenvalue weighted by Crippen LogP contribution is -2.63. The number of fused-ring (bicyclic) bond motifs is 1. The fraction of sp³-hybridized carbons (Fsp3) is 0.500. The number of alkyl halides is 2. The molecule has 0 spiro atoms. The van der Waals surface area contributed by atoms with Crippen molar-refractivity contribution in [3.63, 3.8) is 0 Å². The van der Waals surface area contributed by atoms with Crippen molar-refractivity contribution in [2.45, 2.75) is 50.3 Å². The van der Waals surface area contributed by atoms with Gasteiger partial charge < -0.3 is 30.5 Å². The highest BCUT2D eigenvalue weighted by molar-refractivity contribution is 8.03. The molecule has 2 fully saturated rings. The minimum atomic E-state index is -2.97. The second-order valence-electron chi connectivity index (χ2n) is 8.60. The molecule has 3 aliphatic rings. The molecule has 34 heavy (non-hydrogen) atoms. The molecular weight excluding hydrogens is 472 g/mol. The third-order valence-corrected chi connectivity index (χ3v) is 7.85. The number of hydrogen-bond donors (Lipinski definition) is 4. The molecule has 0 bridgehead atoms. The number of amides is 2. The quantitative estimate of drug-likeness (QED) is 0.401. The van der Waals surface area contributed by atoms with E-state index in [9.17, 15) is 33.4 Å². The molecule has 184 valence electrons. The lowest BCUT2D eigenvalue weighted by molar-refractivity contribution is -0.163. The zero-order chi connectivity index (χ0) is 24.7. The molecule has 3 heterocycles. The molecule has 2 amide bonds. The zero-order valence-electron chi connectivity index (χ0n) is 18.4. The molecule has 0 aliphatic carbocycles. The number of carbonyl (C=O) groups excluding carboxylic acids is 2. The van der Waals surface area contributed by atoms with Gasteiger partial charge in [0.05, 0.1) is 24.1 Å². The van der Waals surface area contributed by atoms with Crippen LogP contribution in [0.2, 0.25) is 0 Å². The summed E-state index contributed by atoms with van der Waals surface area (Å²) >= 11 is 1.34. The highest BCUT2D eigenvalue weighted by Crippen LogP contribution is 2.51. The largest absolute Gasteiger partial charge is 0.477 e. The van der Waals surface area contributed by atoms with Crippen molar-refractivity contribution >= 4 is 35.2 Å². The fourth-order valence-corrected chi connectivity index (χ4v) is 6.31. The van der Waals surface area contributed by atoms with Gasteiger partial charge in [-0.3, -0.25) is 9.59 Å². The number of ether oxygens (including phenoxy) is 1. The van der Waals surface area contributed by atoms with Crippen LogP contribution in [0.5, 0.6) is 5.75 Å². The first-order chi connectivity index (χ1) is 16.1. The van der Waals surface area contributed by atoms with Crippen molar-refractivity contribution < 1.29 is 38.1 Å². The number of β-lactam (4-membered cyclic amide) rings is 1.